The number of cyclic esters (lactones) is 1. The molecule has 5 nitrogen and oxygen atoms in total. The second-order valence-corrected chi connectivity index (χ2v) is 1.39. The number of nitrogens with zero attached hydrogens (tertiary/aromatic N) is 3. The average molecular weight is 125 g/mol. The molecular formula is C4H3N3O2. The van der Waals surface area contributed by atoms with Gasteiger partial charge in [0.15, 0.2) is 6.23 Å². The van der Waals surface area contributed by atoms with Crippen molar-refractivity contribution in [1.82, 2.24) is 0 Å². The zero-order valence-electron chi connectivity index (χ0n) is 4.39. The summed E-state index contributed by atoms with van der Waals surface area (Å²) < 4.78 is 4.43. The van der Waals surface area contributed by atoms with Crippen LogP contribution in [0.2, 0.25) is 0 Å². The third-order valence-corrected chi connectivity index (χ3v) is 0.799. The van der Waals surface area contributed by atoms with Gasteiger partial charge in [-0.1, -0.05) is 0 Å². The van der Waals surface area contributed by atoms with Crippen LogP contribution in [-0.4, -0.2) is 12.2 Å². The van der Waals surface area contributed by atoms with E-state index in [1.807, 2.05) is 0 Å². The van der Waals surface area contributed by atoms with Crippen LogP contribution in [0.4, 0.5) is 0 Å². The lowest BCUT2D eigenvalue weighted by Crippen LogP contribution is -2.01. The Kier molecular flexibility index (Phi) is 1.38. The van der Waals surface area contributed by atoms with E-state index in [0.717, 1.165) is 0 Å². The predicted octanol–water partition coefficient (Wildman–Crippen LogP) is 0.736. The maximum Gasteiger partial charge on any atom is 0.331 e. The van der Waals surface area contributed by atoms with E-state index in [1.165, 1.54) is 12.2 Å². The molecule has 1 rings (SSSR count). The first kappa shape index (κ1) is 5.65. The summed E-state index contributed by atoms with van der Waals surface area (Å²) in [6.45, 7) is 0. The highest BCUT2D eigenvalue weighted by molar-refractivity contribution is 5.84. The highest BCUT2D eigenvalue weighted by atomic mass is 16.6. The summed E-state index contributed by atoms with van der Waals surface area (Å²) in [5, 5.41) is 3.12. The summed E-state index contributed by atoms with van der Waals surface area (Å²) in [5.41, 5.74) is 7.85. The van der Waals surface area contributed by atoms with E-state index in [1.54, 1.807) is 0 Å². The van der Waals surface area contributed by atoms with Gasteiger partial charge in [0.1, 0.15) is 0 Å². The van der Waals surface area contributed by atoms with Crippen molar-refractivity contribution in [1.29, 1.82) is 0 Å². The average Bonchev–Trinajstić information content (AvgIpc) is 2.17. The van der Waals surface area contributed by atoms with Crippen LogP contribution in [0.15, 0.2) is 17.3 Å². The maximum atomic E-state index is 10.2. The minimum absolute atomic E-state index is 0.465. The summed E-state index contributed by atoms with van der Waals surface area (Å²) in [4.78, 5) is 12.7. The molecule has 1 atom stereocenters. The summed E-state index contributed by atoms with van der Waals surface area (Å²) in [6, 6.07) is 0. The molecular weight excluding hydrogens is 122 g/mol. The fourth-order valence-electron chi connectivity index (χ4n) is 0.471. The quantitative estimate of drug-likeness (QED) is 0.224. The summed E-state index contributed by atoms with van der Waals surface area (Å²) in [5.74, 6) is -0.465. The fraction of sp³-hybridized carbons (Fsp3) is 0.250. The molecule has 0 amide bonds. The number of esters is 1. The van der Waals surface area contributed by atoms with Gasteiger partial charge >= 0.3 is 5.97 Å². The van der Waals surface area contributed by atoms with Gasteiger partial charge < -0.3 is 4.74 Å². The number of carbonyl (C=O) groups is 1. The topological polar surface area (TPSA) is 75.1 Å². The molecule has 1 heterocycles. The first-order chi connectivity index (χ1) is 4.33. The third kappa shape index (κ3) is 1.20. The number of hydrogen-bond acceptors (Lipinski definition) is 3. The van der Waals surface area contributed by atoms with Gasteiger partial charge in [-0.05, 0) is 16.7 Å². The molecule has 0 radical (unpaired) electrons. The number of ether oxygens (including phenoxy) is 1. The van der Waals surface area contributed by atoms with Gasteiger partial charge in [0.2, 0.25) is 0 Å². The number of hydrogen-bond donors (Lipinski definition) is 0. The minimum Gasteiger partial charge on any atom is -0.449 e. The fourth-order valence-corrected chi connectivity index (χ4v) is 0.471. The maximum absolute atomic E-state index is 10.2. The number of carbonyl (C=O) groups excluding carboxylic acids is 1. The van der Waals surface area contributed by atoms with Gasteiger partial charge in [0, 0.05) is 11.0 Å². The second-order valence-electron chi connectivity index (χ2n) is 1.39. The van der Waals surface area contributed by atoms with Crippen LogP contribution >= 0.6 is 0 Å². The van der Waals surface area contributed by atoms with Crippen molar-refractivity contribution in [2.75, 3.05) is 0 Å². The van der Waals surface area contributed by atoms with Crippen molar-refractivity contribution in [3.05, 3.63) is 22.6 Å². The molecule has 1 aliphatic heterocycles. The van der Waals surface area contributed by atoms with E-state index in [9.17, 15) is 4.79 Å². The largest absolute Gasteiger partial charge is 0.449 e. The van der Waals surface area contributed by atoms with Crippen LogP contribution in [0.5, 0.6) is 0 Å². The van der Waals surface area contributed by atoms with Crippen LogP contribution in [0.1, 0.15) is 0 Å². The van der Waals surface area contributed by atoms with E-state index >= 15 is 0 Å². The Labute approximate surface area is 50.5 Å². The molecule has 1 unspecified atom stereocenters. The van der Waals surface area contributed by atoms with Crippen LogP contribution in [-0.2, 0) is 9.53 Å². The molecule has 0 aromatic heterocycles. The summed E-state index contributed by atoms with van der Waals surface area (Å²) >= 11 is 0. The van der Waals surface area contributed by atoms with Crippen LogP contribution in [0, 0.1) is 0 Å². The molecule has 0 aromatic carbocycles. The lowest BCUT2D eigenvalue weighted by atomic mass is 10.5. The van der Waals surface area contributed by atoms with E-state index < -0.39 is 12.2 Å². The molecule has 0 saturated heterocycles. The first-order valence-electron chi connectivity index (χ1n) is 2.26. The highest BCUT2D eigenvalue weighted by Crippen LogP contribution is 2.05. The Hall–Kier alpha value is -1.48. The smallest absolute Gasteiger partial charge is 0.331 e. The lowest BCUT2D eigenvalue weighted by molar-refractivity contribution is -0.138. The standard InChI is InChI=1S/C4H3N3O2/c5-7-6-3-1-2-4(8)9-3/h1-3H. The van der Waals surface area contributed by atoms with Crippen molar-refractivity contribution in [3.8, 4) is 0 Å². The monoisotopic (exact) mass is 125 g/mol. The van der Waals surface area contributed by atoms with Gasteiger partial charge in [-0.3, -0.25) is 0 Å². The van der Waals surface area contributed by atoms with Gasteiger partial charge in [-0.2, -0.15) is 0 Å². The van der Waals surface area contributed by atoms with Crippen molar-refractivity contribution < 1.29 is 9.53 Å². The molecule has 5 heteroatoms. The molecule has 9 heavy (non-hydrogen) atoms. The van der Waals surface area contributed by atoms with Crippen molar-refractivity contribution >= 4 is 5.97 Å². The molecule has 1 aliphatic rings. The van der Waals surface area contributed by atoms with Crippen LogP contribution in [0.3, 0.4) is 0 Å². The molecule has 0 aliphatic carbocycles. The van der Waals surface area contributed by atoms with Crippen molar-refractivity contribution in [3.63, 3.8) is 0 Å². The number of azide groups is 1. The predicted molar refractivity (Wildman–Crippen MR) is 28.2 cm³/mol. The van der Waals surface area contributed by atoms with E-state index in [2.05, 4.69) is 14.8 Å². The third-order valence-electron chi connectivity index (χ3n) is 0.799. The van der Waals surface area contributed by atoms with Gasteiger partial charge in [0.25, 0.3) is 0 Å². The Morgan fingerprint density at radius 3 is 3.11 bits per heavy atom. The zero-order chi connectivity index (χ0) is 6.69. The van der Waals surface area contributed by atoms with Gasteiger partial charge in [-0.15, -0.1) is 0 Å². The molecule has 0 aromatic rings. The van der Waals surface area contributed by atoms with Crippen molar-refractivity contribution in [2.45, 2.75) is 6.23 Å². The SMILES string of the molecule is [N-]=[N+]=NC1C=CC(=O)O1. The minimum atomic E-state index is -0.734. The van der Waals surface area contributed by atoms with Crippen LogP contribution in [0.25, 0.3) is 10.4 Å². The first-order valence-corrected chi connectivity index (χ1v) is 2.26. The molecule has 0 N–H and O–H groups in total. The molecule has 0 saturated carbocycles. The lowest BCUT2D eigenvalue weighted by Gasteiger charge is -1.95. The van der Waals surface area contributed by atoms with Gasteiger partial charge in [-0.25, -0.2) is 4.79 Å². The Bertz CT molecular complexity index is 204. The molecule has 0 spiro atoms. The highest BCUT2D eigenvalue weighted by Gasteiger charge is 2.13. The normalized spacial score (nSPS) is 23.1. The van der Waals surface area contributed by atoms with Gasteiger partial charge in [0.05, 0.1) is 0 Å². The van der Waals surface area contributed by atoms with E-state index in [4.69, 9.17) is 5.53 Å². The number of rotatable bonds is 1. The Morgan fingerprint density at radius 1 is 1.89 bits per heavy atom. The van der Waals surface area contributed by atoms with E-state index in [0.29, 0.717) is 0 Å². The molecule has 0 fully saturated rings. The molecule has 0 bridgehead atoms. The Balaban J connectivity index is 2.60. The molecule has 46 valence electrons. The van der Waals surface area contributed by atoms with Crippen molar-refractivity contribution in [2.24, 2.45) is 5.11 Å². The van der Waals surface area contributed by atoms with Crippen LogP contribution < -0.4 is 0 Å². The zero-order valence-corrected chi connectivity index (χ0v) is 4.39. The summed E-state index contributed by atoms with van der Waals surface area (Å²) in [6.07, 6.45) is 1.88. The van der Waals surface area contributed by atoms with E-state index in [-0.39, 0.29) is 0 Å². The Morgan fingerprint density at radius 2 is 2.67 bits per heavy atom. The second kappa shape index (κ2) is 2.19. The summed E-state index contributed by atoms with van der Waals surface area (Å²) in [7, 11) is 0.